The van der Waals surface area contributed by atoms with E-state index in [4.69, 9.17) is 9.50 Å². The minimum absolute atomic E-state index is 0.257. The Labute approximate surface area is 36.6 Å². The summed E-state index contributed by atoms with van der Waals surface area (Å²) in [4.78, 5) is 0. The van der Waals surface area contributed by atoms with Crippen molar-refractivity contribution in [3.63, 3.8) is 0 Å². The van der Waals surface area contributed by atoms with Gasteiger partial charge in [0.2, 0.25) is 0 Å². The molecular formula is H4N2Se2. The zero-order chi connectivity index (χ0) is 3.41. The van der Waals surface area contributed by atoms with Crippen molar-refractivity contribution in [2.75, 3.05) is 0 Å². The van der Waals surface area contributed by atoms with Gasteiger partial charge in [0.15, 0.2) is 0 Å². The van der Waals surface area contributed by atoms with Gasteiger partial charge in [0.1, 0.15) is 0 Å². The third-order valence-electron chi connectivity index (χ3n) is 0.0556. The second kappa shape index (κ2) is 3.96. The molecular weight excluding hydrogens is 186 g/mol. The summed E-state index contributed by atoms with van der Waals surface area (Å²) in [7, 11) is 0. The van der Waals surface area contributed by atoms with Crippen LogP contribution in [0.1, 0.15) is 0 Å². The first-order chi connectivity index (χ1) is 1.91. The summed E-state index contributed by atoms with van der Waals surface area (Å²) >= 11 is 0.514. The molecule has 0 aliphatic rings. The molecule has 0 fully saturated rings. The van der Waals surface area contributed by atoms with Crippen molar-refractivity contribution in [2.45, 2.75) is 0 Å². The van der Waals surface area contributed by atoms with Crippen LogP contribution in [0.4, 0.5) is 0 Å². The van der Waals surface area contributed by atoms with Crippen LogP contribution in [0.2, 0.25) is 0 Å². The van der Waals surface area contributed by atoms with E-state index in [9.17, 15) is 0 Å². The van der Waals surface area contributed by atoms with Gasteiger partial charge in [-0.3, -0.25) is 0 Å². The maximum absolute atomic E-state index is 4.99. The van der Waals surface area contributed by atoms with Crippen LogP contribution in [0.3, 0.4) is 0 Å². The Morgan fingerprint density at radius 2 is 1.25 bits per heavy atom. The van der Waals surface area contributed by atoms with Crippen LogP contribution < -0.4 is 9.50 Å². The van der Waals surface area contributed by atoms with Crippen molar-refractivity contribution in [1.29, 1.82) is 0 Å². The minimum atomic E-state index is 0.257. The molecule has 0 aromatic heterocycles. The van der Waals surface area contributed by atoms with E-state index in [-0.39, 0.29) is 26.7 Å². The van der Waals surface area contributed by atoms with Crippen LogP contribution in [0.5, 0.6) is 0 Å². The number of nitrogens with two attached hydrogens (primary N) is 2. The molecule has 0 aliphatic heterocycles. The maximum atomic E-state index is 4.99. The normalized spacial score (nSPS) is 7.50. The van der Waals surface area contributed by atoms with E-state index < -0.39 is 0 Å². The average molecular weight is 190 g/mol. The number of rotatable bonds is 1. The fourth-order valence-electron chi connectivity index (χ4n) is 0. The summed E-state index contributed by atoms with van der Waals surface area (Å²) in [5, 5.41) is 0. The van der Waals surface area contributed by atoms with E-state index in [1.165, 1.54) is 0 Å². The van der Waals surface area contributed by atoms with Gasteiger partial charge < -0.3 is 0 Å². The monoisotopic (exact) mass is 192 g/mol. The molecule has 4 heteroatoms. The van der Waals surface area contributed by atoms with E-state index in [2.05, 4.69) is 0 Å². The Balaban J connectivity index is 1.97. The van der Waals surface area contributed by atoms with Crippen molar-refractivity contribution in [2.24, 2.45) is 9.50 Å². The van der Waals surface area contributed by atoms with E-state index in [1.54, 1.807) is 0 Å². The van der Waals surface area contributed by atoms with Crippen molar-refractivity contribution in [3.8, 4) is 0 Å². The Morgan fingerprint density at radius 3 is 1.25 bits per heavy atom. The SMILES string of the molecule is N[Se][Se]N. The molecule has 4 heavy (non-hydrogen) atoms. The molecule has 0 heterocycles. The summed E-state index contributed by atoms with van der Waals surface area (Å²) < 4.78 is 9.99. The van der Waals surface area contributed by atoms with Crippen molar-refractivity contribution in [3.05, 3.63) is 0 Å². The van der Waals surface area contributed by atoms with Crippen LogP contribution in [-0.4, -0.2) is 26.7 Å². The Morgan fingerprint density at radius 1 is 1.00 bits per heavy atom. The van der Waals surface area contributed by atoms with Crippen molar-refractivity contribution in [1.82, 2.24) is 0 Å². The third-order valence-corrected chi connectivity index (χ3v) is 1.50. The average Bonchev–Trinajstić information content (AvgIpc) is 1.37. The second-order valence-electron chi connectivity index (χ2n) is 0.192. The molecule has 0 atom stereocenters. The summed E-state index contributed by atoms with van der Waals surface area (Å²) in [5.74, 6) is 0. The van der Waals surface area contributed by atoms with Gasteiger partial charge in [-0.1, -0.05) is 0 Å². The molecule has 0 aliphatic carbocycles. The van der Waals surface area contributed by atoms with E-state index in [1.807, 2.05) is 0 Å². The fourth-order valence-corrected chi connectivity index (χ4v) is 0. The molecule has 0 spiro atoms. The van der Waals surface area contributed by atoms with Gasteiger partial charge in [-0.25, -0.2) is 0 Å². The van der Waals surface area contributed by atoms with Gasteiger partial charge in [0.05, 0.1) is 0 Å². The van der Waals surface area contributed by atoms with Crippen molar-refractivity contribution < 1.29 is 0 Å². The molecule has 0 radical (unpaired) electrons. The Kier molecular flexibility index (Phi) is 4.91. The first kappa shape index (κ1) is 4.96. The van der Waals surface area contributed by atoms with E-state index in [0.717, 1.165) is 0 Å². The molecule has 0 aromatic rings. The Hall–Kier alpha value is 0.959. The first-order valence-electron chi connectivity index (χ1n) is 0.638. The predicted octanol–water partition coefficient (Wildman–Crippen LogP) is -1.94. The van der Waals surface area contributed by atoms with Gasteiger partial charge in [0.25, 0.3) is 0 Å². The molecule has 26 valence electrons. The van der Waals surface area contributed by atoms with E-state index >= 15 is 0 Å². The molecule has 0 aromatic carbocycles. The van der Waals surface area contributed by atoms with E-state index in [0.29, 0.717) is 0 Å². The van der Waals surface area contributed by atoms with Crippen LogP contribution in [-0.2, 0) is 0 Å². The Bertz CT molecular complexity index is 6.00. The van der Waals surface area contributed by atoms with Crippen LogP contribution in [0, 0.1) is 0 Å². The summed E-state index contributed by atoms with van der Waals surface area (Å²) in [6.07, 6.45) is 0. The number of hydrogen-bond donors (Lipinski definition) is 2. The van der Waals surface area contributed by atoms with Gasteiger partial charge in [-0.2, -0.15) is 0 Å². The fraction of sp³-hybridized carbons (Fsp3) is 0. The zero-order valence-corrected chi connectivity index (χ0v) is 5.40. The second-order valence-corrected chi connectivity index (χ2v) is 5.20. The van der Waals surface area contributed by atoms with Crippen LogP contribution in [0.25, 0.3) is 0 Å². The number of hydrogen-bond acceptors (Lipinski definition) is 2. The third kappa shape index (κ3) is 2.96. The molecule has 0 bridgehead atoms. The summed E-state index contributed by atoms with van der Waals surface area (Å²) in [6, 6.07) is 0. The zero-order valence-electron chi connectivity index (χ0n) is 1.97. The molecule has 0 rings (SSSR count). The summed E-state index contributed by atoms with van der Waals surface area (Å²) in [6.45, 7) is 0. The van der Waals surface area contributed by atoms with Crippen molar-refractivity contribution >= 4 is 26.7 Å². The van der Waals surface area contributed by atoms with Gasteiger partial charge in [-0.05, 0) is 0 Å². The predicted molar refractivity (Wildman–Crippen MR) is 19.9 cm³/mol. The van der Waals surface area contributed by atoms with Gasteiger partial charge in [-0.15, -0.1) is 0 Å². The molecule has 0 saturated heterocycles. The quantitative estimate of drug-likeness (QED) is 0.472. The first-order valence-corrected chi connectivity index (χ1v) is 6.95. The molecule has 0 unspecified atom stereocenters. The molecule has 0 saturated carbocycles. The summed E-state index contributed by atoms with van der Waals surface area (Å²) in [5.41, 5.74) is 0. The topological polar surface area (TPSA) is 52.0 Å². The van der Waals surface area contributed by atoms with Crippen LogP contribution in [0.15, 0.2) is 0 Å². The van der Waals surface area contributed by atoms with Crippen LogP contribution >= 0.6 is 0 Å². The standard InChI is InChI=1S/H4N2Se2/c1-3-4-2/h1-2H2. The molecule has 4 N–H and O–H groups in total. The van der Waals surface area contributed by atoms with Gasteiger partial charge >= 0.3 is 36.2 Å². The van der Waals surface area contributed by atoms with Gasteiger partial charge in [0, 0.05) is 0 Å². The molecule has 2 nitrogen and oxygen atoms in total. The molecule has 0 amide bonds.